The molecule has 21 heavy (non-hydrogen) atoms. The number of hydrogen-bond donors (Lipinski definition) is 0. The summed E-state index contributed by atoms with van der Waals surface area (Å²) in [7, 11) is 1.77. The first-order chi connectivity index (χ1) is 10.1. The topological polar surface area (TPSA) is 40.6 Å². The van der Waals surface area contributed by atoms with Crippen LogP contribution in [0, 0.1) is 12.8 Å². The van der Waals surface area contributed by atoms with E-state index in [4.69, 9.17) is 0 Å². The minimum atomic E-state index is -0.141. The Bertz CT molecular complexity index is 570. The summed E-state index contributed by atoms with van der Waals surface area (Å²) >= 11 is 0. The van der Waals surface area contributed by atoms with Gasteiger partial charge >= 0.3 is 0 Å². The molecule has 0 N–H and O–H groups in total. The van der Waals surface area contributed by atoms with Crippen LogP contribution in [0.5, 0.6) is 0 Å². The van der Waals surface area contributed by atoms with Crippen LogP contribution in [0.1, 0.15) is 29.9 Å². The molecule has 2 saturated heterocycles. The molecule has 2 fully saturated rings. The van der Waals surface area contributed by atoms with E-state index in [1.54, 1.807) is 11.9 Å². The largest absolute Gasteiger partial charge is 0.345 e. The molecule has 2 amide bonds. The molecule has 0 bridgehead atoms. The van der Waals surface area contributed by atoms with Crippen LogP contribution in [0.2, 0.25) is 0 Å². The summed E-state index contributed by atoms with van der Waals surface area (Å²) in [6.07, 6.45) is 1.40. The fraction of sp³-hybridized carbons (Fsp3) is 0.529. The average molecular weight is 286 g/mol. The zero-order valence-corrected chi connectivity index (χ0v) is 12.7. The van der Waals surface area contributed by atoms with Gasteiger partial charge in [-0.3, -0.25) is 9.59 Å². The molecule has 4 nitrogen and oxygen atoms in total. The zero-order valence-electron chi connectivity index (χ0n) is 12.7. The number of rotatable bonds is 2. The van der Waals surface area contributed by atoms with Gasteiger partial charge < -0.3 is 9.80 Å². The highest BCUT2D eigenvalue weighted by Gasteiger charge is 2.37. The number of likely N-dealkylation sites (tertiary alicyclic amines) is 2. The smallest absolute Gasteiger partial charge is 0.228 e. The summed E-state index contributed by atoms with van der Waals surface area (Å²) in [6.45, 7) is 4.30. The van der Waals surface area contributed by atoms with Gasteiger partial charge in [-0.15, -0.1) is 0 Å². The molecule has 0 aromatic heterocycles. The molecule has 2 heterocycles. The molecule has 0 aliphatic carbocycles. The van der Waals surface area contributed by atoms with Gasteiger partial charge in [-0.25, -0.2) is 0 Å². The third-order valence-corrected chi connectivity index (χ3v) is 4.82. The summed E-state index contributed by atoms with van der Waals surface area (Å²) in [4.78, 5) is 27.8. The molecule has 0 unspecified atom stereocenters. The number of benzene rings is 1. The Balaban J connectivity index is 1.66. The van der Waals surface area contributed by atoms with Crippen LogP contribution in [-0.2, 0) is 9.59 Å². The van der Waals surface area contributed by atoms with Crippen LogP contribution >= 0.6 is 0 Å². The molecule has 112 valence electrons. The summed E-state index contributed by atoms with van der Waals surface area (Å²) in [5.41, 5.74) is 2.65. The molecule has 2 aliphatic rings. The van der Waals surface area contributed by atoms with Gasteiger partial charge in [0.15, 0.2) is 0 Å². The third-order valence-electron chi connectivity index (χ3n) is 4.82. The molecule has 0 saturated carbocycles. The molecule has 1 aromatic rings. The van der Waals surface area contributed by atoms with Crippen molar-refractivity contribution in [2.45, 2.75) is 25.7 Å². The number of nitrogens with zero attached hydrogens (tertiary/aromatic N) is 2. The van der Waals surface area contributed by atoms with Crippen molar-refractivity contribution >= 4 is 11.8 Å². The highest BCUT2D eigenvalue weighted by atomic mass is 16.2. The van der Waals surface area contributed by atoms with Gasteiger partial charge in [0.1, 0.15) is 0 Å². The Morgan fingerprint density at radius 1 is 1.24 bits per heavy atom. The Morgan fingerprint density at radius 2 is 2.00 bits per heavy atom. The van der Waals surface area contributed by atoms with E-state index in [0.717, 1.165) is 19.5 Å². The van der Waals surface area contributed by atoms with Crippen LogP contribution < -0.4 is 0 Å². The number of carbonyl (C=O) groups excluding carboxylic acids is 2. The normalized spacial score (nSPS) is 25.7. The summed E-state index contributed by atoms with van der Waals surface area (Å²) < 4.78 is 0. The molecule has 2 aliphatic heterocycles. The van der Waals surface area contributed by atoms with Gasteiger partial charge in [-0.05, 0) is 24.5 Å². The average Bonchev–Trinajstić information content (AvgIpc) is 3.07. The van der Waals surface area contributed by atoms with E-state index in [9.17, 15) is 9.59 Å². The lowest BCUT2D eigenvalue weighted by atomic mass is 9.94. The van der Waals surface area contributed by atoms with Crippen molar-refractivity contribution in [3.05, 3.63) is 35.4 Å². The quantitative estimate of drug-likeness (QED) is 0.831. The Morgan fingerprint density at radius 3 is 2.67 bits per heavy atom. The van der Waals surface area contributed by atoms with Gasteiger partial charge in [0.2, 0.25) is 11.8 Å². The monoisotopic (exact) mass is 286 g/mol. The summed E-state index contributed by atoms with van der Waals surface area (Å²) in [6, 6.07) is 8.42. The number of hydrogen-bond acceptors (Lipinski definition) is 2. The zero-order chi connectivity index (χ0) is 15.0. The number of amides is 2. The second-order valence-corrected chi connectivity index (χ2v) is 6.30. The van der Waals surface area contributed by atoms with Gasteiger partial charge in [0.05, 0.1) is 5.92 Å². The maximum atomic E-state index is 12.5. The minimum absolute atomic E-state index is 0.0861. The standard InChI is InChI=1S/C17H22N2O2/c1-12-5-3-4-6-15(12)13-7-8-19(11-13)17(21)14-9-16(20)18(2)10-14/h3-6,13-14H,7-11H2,1-2H3/t13-,14-/m0/s1. The molecule has 3 rings (SSSR count). The van der Waals surface area contributed by atoms with Gasteiger partial charge in [0, 0.05) is 39.0 Å². The lowest BCUT2D eigenvalue weighted by Gasteiger charge is -2.20. The first-order valence-electron chi connectivity index (χ1n) is 7.64. The van der Waals surface area contributed by atoms with Crippen molar-refractivity contribution in [2.24, 2.45) is 5.92 Å². The summed E-state index contributed by atoms with van der Waals surface area (Å²) in [5, 5.41) is 0. The Kier molecular flexibility index (Phi) is 3.70. The van der Waals surface area contributed by atoms with Crippen LogP contribution in [0.15, 0.2) is 24.3 Å². The van der Waals surface area contributed by atoms with Crippen molar-refractivity contribution in [3.8, 4) is 0 Å². The number of aryl methyl sites for hydroxylation is 1. The Labute approximate surface area is 125 Å². The van der Waals surface area contributed by atoms with Gasteiger partial charge in [0.25, 0.3) is 0 Å². The molecule has 1 aromatic carbocycles. The maximum Gasteiger partial charge on any atom is 0.228 e. The maximum absolute atomic E-state index is 12.5. The van der Waals surface area contributed by atoms with E-state index < -0.39 is 0 Å². The first-order valence-corrected chi connectivity index (χ1v) is 7.64. The lowest BCUT2D eigenvalue weighted by molar-refractivity contribution is -0.134. The molecular formula is C17H22N2O2. The fourth-order valence-electron chi connectivity index (χ4n) is 3.55. The predicted octanol–water partition coefficient (Wildman–Crippen LogP) is 1.79. The van der Waals surface area contributed by atoms with E-state index in [1.165, 1.54) is 11.1 Å². The van der Waals surface area contributed by atoms with E-state index in [1.807, 2.05) is 4.90 Å². The minimum Gasteiger partial charge on any atom is -0.345 e. The molecule has 0 radical (unpaired) electrons. The highest BCUT2D eigenvalue weighted by Crippen LogP contribution is 2.31. The van der Waals surface area contributed by atoms with Crippen LogP contribution in [0.25, 0.3) is 0 Å². The Hall–Kier alpha value is -1.84. The predicted molar refractivity (Wildman–Crippen MR) is 80.9 cm³/mol. The van der Waals surface area contributed by atoms with Crippen molar-refractivity contribution in [1.29, 1.82) is 0 Å². The fourth-order valence-corrected chi connectivity index (χ4v) is 3.55. The van der Waals surface area contributed by atoms with E-state index in [0.29, 0.717) is 18.9 Å². The SMILES string of the molecule is Cc1ccccc1[C@H]1CCN(C(=O)[C@H]2CC(=O)N(C)C2)C1. The number of carbonyl (C=O) groups is 2. The molecule has 4 heteroatoms. The van der Waals surface area contributed by atoms with Crippen molar-refractivity contribution in [3.63, 3.8) is 0 Å². The van der Waals surface area contributed by atoms with Crippen LogP contribution in [0.3, 0.4) is 0 Å². The van der Waals surface area contributed by atoms with E-state index in [-0.39, 0.29) is 17.7 Å². The van der Waals surface area contributed by atoms with Crippen LogP contribution in [0.4, 0.5) is 0 Å². The summed E-state index contributed by atoms with van der Waals surface area (Å²) in [5.74, 6) is 0.537. The van der Waals surface area contributed by atoms with Gasteiger partial charge in [-0.2, -0.15) is 0 Å². The van der Waals surface area contributed by atoms with Crippen LogP contribution in [-0.4, -0.2) is 48.3 Å². The molecule has 2 atom stereocenters. The second kappa shape index (κ2) is 5.51. The molecular weight excluding hydrogens is 264 g/mol. The van der Waals surface area contributed by atoms with E-state index in [2.05, 4.69) is 31.2 Å². The van der Waals surface area contributed by atoms with Crippen molar-refractivity contribution in [2.75, 3.05) is 26.7 Å². The lowest BCUT2D eigenvalue weighted by Crippen LogP contribution is -2.35. The van der Waals surface area contributed by atoms with Gasteiger partial charge in [-0.1, -0.05) is 24.3 Å². The van der Waals surface area contributed by atoms with E-state index >= 15 is 0 Å². The van der Waals surface area contributed by atoms with Crippen molar-refractivity contribution < 1.29 is 9.59 Å². The second-order valence-electron chi connectivity index (χ2n) is 6.30. The van der Waals surface area contributed by atoms with Crippen molar-refractivity contribution in [1.82, 2.24) is 9.80 Å². The third kappa shape index (κ3) is 2.67. The first kappa shape index (κ1) is 14.1. The molecule has 0 spiro atoms. The highest BCUT2D eigenvalue weighted by molar-refractivity contribution is 5.89.